The number of nitrogens with zero attached hydrogens (tertiary/aromatic N) is 2. The Labute approximate surface area is 117 Å². The first-order chi connectivity index (χ1) is 9.09. The van der Waals surface area contributed by atoms with Gasteiger partial charge in [0.05, 0.1) is 0 Å². The third-order valence-corrected chi connectivity index (χ3v) is 5.54. The fourth-order valence-corrected chi connectivity index (χ4v) is 3.68. The predicted octanol–water partition coefficient (Wildman–Crippen LogP) is 2.80. The lowest BCUT2D eigenvalue weighted by Crippen LogP contribution is -2.49. The first-order valence-corrected chi connectivity index (χ1v) is 7.81. The van der Waals surface area contributed by atoms with Gasteiger partial charge in [-0.25, -0.2) is 0 Å². The normalized spacial score (nSPS) is 33.3. The maximum atomic E-state index is 8.87. The highest BCUT2D eigenvalue weighted by Gasteiger charge is 2.36. The van der Waals surface area contributed by atoms with Crippen LogP contribution in [-0.4, -0.2) is 35.1 Å². The van der Waals surface area contributed by atoms with Crippen LogP contribution in [0.5, 0.6) is 0 Å². The number of hydrogen-bond donors (Lipinski definition) is 2. The Balaban J connectivity index is 1.84. The molecule has 1 aliphatic carbocycles. The third-order valence-electron chi connectivity index (χ3n) is 5.54. The molecule has 2 rings (SSSR count). The van der Waals surface area contributed by atoms with Crippen LogP contribution in [0.25, 0.3) is 0 Å². The Bertz CT molecular complexity index is 313. The molecule has 3 N–H and O–H groups in total. The molecule has 1 saturated carbocycles. The molecule has 0 atom stereocenters. The molecule has 0 bridgehead atoms. The van der Waals surface area contributed by atoms with Crippen molar-refractivity contribution in [3.63, 3.8) is 0 Å². The highest BCUT2D eigenvalue weighted by molar-refractivity contribution is 5.85. The van der Waals surface area contributed by atoms with E-state index in [2.05, 4.69) is 23.9 Å². The average molecular weight is 267 g/mol. The van der Waals surface area contributed by atoms with Crippen LogP contribution in [-0.2, 0) is 0 Å². The number of amidine groups is 1. The maximum Gasteiger partial charge on any atom is 0.145 e. The highest BCUT2D eigenvalue weighted by Crippen LogP contribution is 2.35. The van der Waals surface area contributed by atoms with Crippen LogP contribution in [0.15, 0.2) is 5.16 Å². The van der Waals surface area contributed by atoms with Gasteiger partial charge in [0.2, 0.25) is 0 Å². The summed E-state index contributed by atoms with van der Waals surface area (Å²) in [7, 11) is 0. The molecule has 2 fully saturated rings. The second-order valence-electron chi connectivity index (χ2n) is 6.66. The van der Waals surface area contributed by atoms with Crippen molar-refractivity contribution in [1.82, 2.24) is 4.90 Å². The van der Waals surface area contributed by atoms with Gasteiger partial charge in [0.25, 0.3) is 0 Å². The standard InChI is InChI=1S/C15H29N3O/c1-3-12-4-6-13(7-5-12)18-10-8-15(2,9-11-18)14(16)17-19/h12-13,19H,3-11H2,1-2H3,(H2,16,17). The first kappa shape index (κ1) is 14.6. The van der Waals surface area contributed by atoms with E-state index in [1.54, 1.807) is 0 Å². The van der Waals surface area contributed by atoms with E-state index in [0.29, 0.717) is 5.84 Å². The Kier molecular flexibility index (Phi) is 4.71. The summed E-state index contributed by atoms with van der Waals surface area (Å²) in [6.45, 7) is 6.62. The molecule has 4 nitrogen and oxygen atoms in total. The molecule has 0 aromatic rings. The molecule has 0 aromatic heterocycles. The molecule has 0 amide bonds. The second kappa shape index (κ2) is 6.12. The zero-order valence-corrected chi connectivity index (χ0v) is 12.4. The lowest BCUT2D eigenvalue weighted by molar-refractivity contribution is 0.0820. The lowest BCUT2D eigenvalue weighted by atomic mass is 9.77. The lowest BCUT2D eigenvalue weighted by Gasteiger charge is -2.44. The van der Waals surface area contributed by atoms with Crippen LogP contribution in [0.2, 0.25) is 0 Å². The van der Waals surface area contributed by atoms with Crippen molar-refractivity contribution in [2.45, 2.75) is 64.8 Å². The van der Waals surface area contributed by atoms with Gasteiger partial charge in [0, 0.05) is 11.5 Å². The Hall–Kier alpha value is -0.770. The molecule has 110 valence electrons. The summed E-state index contributed by atoms with van der Waals surface area (Å²) >= 11 is 0. The van der Waals surface area contributed by atoms with Crippen molar-refractivity contribution in [2.24, 2.45) is 22.2 Å². The first-order valence-electron chi connectivity index (χ1n) is 7.81. The number of hydrogen-bond acceptors (Lipinski definition) is 3. The van der Waals surface area contributed by atoms with Crippen molar-refractivity contribution in [1.29, 1.82) is 0 Å². The highest BCUT2D eigenvalue weighted by atomic mass is 16.4. The predicted molar refractivity (Wildman–Crippen MR) is 78.4 cm³/mol. The molecular formula is C15H29N3O. The van der Waals surface area contributed by atoms with Crippen LogP contribution in [0.3, 0.4) is 0 Å². The summed E-state index contributed by atoms with van der Waals surface area (Å²) in [6, 6.07) is 0.777. The Morgan fingerprint density at radius 2 is 1.84 bits per heavy atom. The van der Waals surface area contributed by atoms with E-state index < -0.39 is 0 Å². The van der Waals surface area contributed by atoms with Gasteiger partial charge in [-0.1, -0.05) is 25.4 Å². The minimum Gasteiger partial charge on any atom is -0.409 e. The van der Waals surface area contributed by atoms with E-state index in [1.165, 1.54) is 32.1 Å². The number of piperidine rings is 1. The van der Waals surface area contributed by atoms with E-state index in [9.17, 15) is 0 Å². The minimum atomic E-state index is -0.105. The van der Waals surface area contributed by atoms with E-state index in [0.717, 1.165) is 37.9 Å². The second-order valence-corrected chi connectivity index (χ2v) is 6.66. The van der Waals surface area contributed by atoms with E-state index in [-0.39, 0.29) is 5.41 Å². The van der Waals surface area contributed by atoms with Gasteiger partial charge >= 0.3 is 0 Å². The van der Waals surface area contributed by atoms with E-state index in [4.69, 9.17) is 10.9 Å². The molecule has 0 radical (unpaired) electrons. The molecule has 19 heavy (non-hydrogen) atoms. The minimum absolute atomic E-state index is 0.105. The fourth-order valence-electron chi connectivity index (χ4n) is 3.68. The molecule has 0 spiro atoms. The average Bonchev–Trinajstić information content (AvgIpc) is 2.47. The van der Waals surface area contributed by atoms with E-state index >= 15 is 0 Å². The smallest absolute Gasteiger partial charge is 0.145 e. The van der Waals surface area contributed by atoms with Gasteiger partial charge in [-0.05, 0) is 57.5 Å². The number of rotatable bonds is 3. The van der Waals surface area contributed by atoms with Crippen molar-refractivity contribution in [3.05, 3.63) is 0 Å². The Morgan fingerprint density at radius 3 is 2.32 bits per heavy atom. The largest absolute Gasteiger partial charge is 0.409 e. The van der Waals surface area contributed by atoms with Crippen molar-refractivity contribution in [2.75, 3.05) is 13.1 Å². The Morgan fingerprint density at radius 1 is 1.26 bits per heavy atom. The summed E-state index contributed by atoms with van der Waals surface area (Å²) in [5, 5.41) is 12.1. The van der Waals surface area contributed by atoms with Crippen LogP contribution in [0.1, 0.15) is 58.8 Å². The molecule has 2 aliphatic rings. The van der Waals surface area contributed by atoms with Crippen LogP contribution < -0.4 is 5.73 Å². The zero-order chi connectivity index (χ0) is 13.9. The van der Waals surface area contributed by atoms with Gasteiger partial charge in [0.1, 0.15) is 5.84 Å². The van der Waals surface area contributed by atoms with Crippen molar-refractivity contribution in [3.8, 4) is 0 Å². The number of nitrogens with two attached hydrogens (primary N) is 1. The van der Waals surface area contributed by atoms with Gasteiger partial charge in [-0.2, -0.15) is 0 Å². The molecular weight excluding hydrogens is 238 g/mol. The monoisotopic (exact) mass is 267 g/mol. The molecule has 1 saturated heterocycles. The number of oxime groups is 1. The van der Waals surface area contributed by atoms with Gasteiger partial charge < -0.3 is 15.8 Å². The number of likely N-dealkylation sites (tertiary alicyclic amines) is 1. The SMILES string of the molecule is CCC1CCC(N2CCC(C)(C(N)=NO)CC2)CC1. The molecule has 4 heteroatoms. The maximum absolute atomic E-state index is 8.87. The third kappa shape index (κ3) is 3.22. The summed E-state index contributed by atoms with van der Waals surface area (Å²) < 4.78 is 0. The quantitative estimate of drug-likeness (QED) is 0.358. The molecule has 1 heterocycles. The fraction of sp³-hybridized carbons (Fsp3) is 0.933. The van der Waals surface area contributed by atoms with Gasteiger partial charge in [-0.3, -0.25) is 0 Å². The van der Waals surface area contributed by atoms with E-state index in [1.807, 2.05) is 0 Å². The summed E-state index contributed by atoms with van der Waals surface area (Å²) in [6.07, 6.45) is 8.88. The molecule has 0 aromatic carbocycles. The van der Waals surface area contributed by atoms with Crippen LogP contribution in [0.4, 0.5) is 0 Å². The topological polar surface area (TPSA) is 61.8 Å². The van der Waals surface area contributed by atoms with Crippen molar-refractivity contribution >= 4 is 5.84 Å². The van der Waals surface area contributed by atoms with Crippen LogP contribution in [0, 0.1) is 11.3 Å². The summed E-state index contributed by atoms with van der Waals surface area (Å²) in [5.74, 6) is 1.37. The summed E-state index contributed by atoms with van der Waals surface area (Å²) in [5.41, 5.74) is 5.72. The molecule has 1 aliphatic heterocycles. The zero-order valence-electron chi connectivity index (χ0n) is 12.4. The van der Waals surface area contributed by atoms with Crippen molar-refractivity contribution < 1.29 is 5.21 Å². The van der Waals surface area contributed by atoms with Crippen LogP contribution >= 0.6 is 0 Å². The molecule has 0 unspecified atom stereocenters. The van der Waals surface area contributed by atoms with Gasteiger partial charge in [0.15, 0.2) is 0 Å². The van der Waals surface area contributed by atoms with Gasteiger partial charge in [-0.15, -0.1) is 0 Å². The summed E-state index contributed by atoms with van der Waals surface area (Å²) in [4.78, 5) is 2.64.